The standard InChI is InChI=1S/C22H26N4O/c1-16-11-22(12-16,14-23)20(27)26-15-21(2,3)18(26)19-24-9-10-25(19)13-17-7-5-4-6-8-17/h4-10,16,18H,11-13,15H2,1-3H3. The van der Waals surface area contributed by atoms with Gasteiger partial charge in [0.1, 0.15) is 11.2 Å². The van der Waals surface area contributed by atoms with Crippen LogP contribution in [0, 0.1) is 28.1 Å². The lowest BCUT2D eigenvalue weighted by molar-refractivity contribution is -0.167. The summed E-state index contributed by atoms with van der Waals surface area (Å²) in [5.74, 6) is 1.34. The molecule has 1 aliphatic carbocycles. The molecule has 1 amide bonds. The van der Waals surface area contributed by atoms with Crippen molar-refractivity contribution in [3.05, 3.63) is 54.1 Å². The lowest BCUT2D eigenvalue weighted by Crippen LogP contribution is -2.63. The van der Waals surface area contributed by atoms with E-state index in [0.29, 0.717) is 25.3 Å². The third kappa shape index (κ3) is 2.84. The van der Waals surface area contributed by atoms with Gasteiger partial charge in [0.15, 0.2) is 0 Å². The molecule has 5 heteroatoms. The molecule has 2 heterocycles. The Bertz CT molecular complexity index is 887. The van der Waals surface area contributed by atoms with E-state index >= 15 is 0 Å². The largest absolute Gasteiger partial charge is 0.330 e. The molecule has 2 aromatic rings. The highest BCUT2D eigenvalue weighted by Gasteiger charge is 2.58. The molecule has 1 aromatic heterocycles. The number of hydrogen-bond donors (Lipinski definition) is 0. The maximum atomic E-state index is 13.2. The van der Waals surface area contributed by atoms with Crippen LogP contribution in [-0.4, -0.2) is 26.9 Å². The number of benzene rings is 1. The first kappa shape index (κ1) is 17.8. The number of carbonyl (C=O) groups is 1. The van der Waals surface area contributed by atoms with E-state index in [-0.39, 0.29) is 17.4 Å². The molecule has 0 N–H and O–H groups in total. The van der Waals surface area contributed by atoms with Crippen molar-refractivity contribution in [3.63, 3.8) is 0 Å². The Balaban J connectivity index is 1.61. The minimum Gasteiger partial charge on any atom is -0.330 e. The molecular weight excluding hydrogens is 336 g/mol. The molecule has 1 atom stereocenters. The molecule has 1 aliphatic heterocycles. The van der Waals surface area contributed by atoms with Crippen LogP contribution in [0.5, 0.6) is 0 Å². The molecule has 1 saturated heterocycles. The van der Waals surface area contributed by atoms with Crippen molar-refractivity contribution in [3.8, 4) is 6.07 Å². The highest BCUT2D eigenvalue weighted by atomic mass is 16.2. The summed E-state index contributed by atoms with van der Waals surface area (Å²) >= 11 is 0. The van der Waals surface area contributed by atoms with Gasteiger partial charge in [-0.25, -0.2) is 4.98 Å². The Hall–Kier alpha value is -2.61. The Morgan fingerprint density at radius 3 is 2.59 bits per heavy atom. The topological polar surface area (TPSA) is 61.9 Å². The fraction of sp³-hybridized carbons (Fsp3) is 0.500. The molecular formula is C22H26N4O. The molecule has 0 spiro atoms. The zero-order chi connectivity index (χ0) is 19.2. The van der Waals surface area contributed by atoms with Crippen molar-refractivity contribution in [1.82, 2.24) is 14.5 Å². The fourth-order valence-electron chi connectivity index (χ4n) is 4.80. The first-order valence-corrected chi connectivity index (χ1v) is 9.64. The van der Waals surface area contributed by atoms with Gasteiger partial charge in [-0.3, -0.25) is 4.79 Å². The van der Waals surface area contributed by atoms with Gasteiger partial charge in [-0.1, -0.05) is 51.1 Å². The summed E-state index contributed by atoms with van der Waals surface area (Å²) in [6.45, 7) is 7.85. The predicted octanol–water partition coefficient (Wildman–Crippen LogP) is 3.78. The summed E-state index contributed by atoms with van der Waals surface area (Å²) in [7, 11) is 0. The van der Waals surface area contributed by atoms with E-state index in [9.17, 15) is 10.1 Å². The van der Waals surface area contributed by atoms with Gasteiger partial charge >= 0.3 is 0 Å². The van der Waals surface area contributed by atoms with Crippen LogP contribution in [0.3, 0.4) is 0 Å². The number of imidazole rings is 1. The van der Waals surface area contributed by atoms with Crippen molar-refractivity contribution in [2.24, 2.45) is 16.7 Å². The summed E-state index contributed by atoms with van der Waals surface area (Å²) in [4.78, 5) is 19.7. The second-order valence-corrected chi connectivity index (χ2v) is 8.93. The van der Waals surface area contributed by atoms with Crippen LogP contribution in [0.2, 0.25) is 0 Å². The fourth-order valence-corrected chi connectivity index (χ4v) is 4.80. The zero-order valence-corrected chi connectivity index (χ0v) is 16.2. The van der Waals surface area contributed by atoms with Gasteiger partial charge in [0.05, 0.1) is 12.1 Å². The average molecular weight is 362 g/mol. The highest BCUT2D eigenvalue weighted by molar-refractivity contribution is 5.87. The number of aromatic nitrogens is 2. The number of nitrogens with zero attached hydrogens (tertiary/aromatic N) is 4. The average Bonchev–Trinajstić information content (AvgIpc) is 3.04. The van der Waals surface area contributed by atoms with Gasteiger partial charge in [0.2, 0.25) is 5.91 Å². The molecule has 140 valence electrons. The minimum absolute atomic E-state index is 0.0123. The van der Waals surface area contributed by atoms with Gasteiger partial charge < -0.3 is 9.47 Å². The van der Waals surface area contributed by atoms with Crippen LogP contribution in [0.25, 0.3) is 0 Å². The molecule has 1 aromatic carbocycles. The Kier molecular flexibility index (Phi) is 4.10. The van der Waals surface area contributed by atoms with E-state index in [1.807, 2.05) is 29.3 Å². The van der Waals surface area contributed by atoms with E-state index in [2.05, 4.69) is 48.5 Å². The van der Waals surface area contributed by atoms with E-state index in [0.717, 1.165) is 12.4 Å². The quantitative estimate of drug-likeness (QED) is 0.831. The number of amides is 1. The zero-order valence-electron chi connectivity index (χ0n) is 16.2. The molecule has 27 heavy (non-hydrogen) atoms. The smallest absolute Gasteiger partial charge is 0.243 e. The third-order valence-corrected chi connectivity index (χ3v) is 6.10. The first-order chi connectivity index (χ1) is 12.9. The van der Waals surface area contributed by atoms with Crippen molar-refractivity contribution in [2.75, 3.05) is 6.54 Å². The second-order valence-electron chi connectivity index (χ2n) is 8.93. The van der Waals surface area contributed by atoms with E-state index in [1.165, 1.54) is 5.56 Å². The Morgan fingerprint density at radius 1 is 1.30 bits per heavy atom. The van der Waals surface area contributed by atoms with Crippen LogP contribution >= 0.6 is 0 Å². The number of carbonyl (C=O) groups excluding carboxylic acids is 1. The highest BCUT2D eigenvalue weighted by Crippen LogP contribution is 2.53. The van der Waals surface area contributed by atoms with Gasteiger partial charge in [-0.2, -0.15) is 5.26 Å². The van der Waals surface area contributed by atoms with Crippen LogP contribution in [0.15, 0.2) is 42.7 Å². The summed E-state index contributed by atoms with van der Waals surface area (Å²) in [6, 6.07) is 12.5. The summed E-state index contributed by atoms with van der Waals surface area (Å²) in [5, 5.41) is 9.67. The Labute approximate surface area is 160 Å². The lowest BCUT2D eigenvalue weighted by atomic mass is 9.61. The third-order valence-electron chi connectivity index (χ3n) is 6.10. The van der Waals surface area contributed by atoms with Crippen LogP contribution in [0.1, 0.15) is 51.0 Å². The maximum absolute atomic E-state index is 13.2. The molecule has 0 radical (unpaired) electrons. The van der Waals surface area contributed by atoms with Gasteiger partial charge in [0.25, 0.3) is 0 Å². The summed E-state index contributed by atoms with van der Waals surface area (Å²) in [5.41, 5.74) is 0.319. The van der Waals surface area contributed by atoms with Crippen LogP contribution in [0.4, 0.5) is 0 Å². The molecule has 4 rings (SSSR count). The van der Waals surface area contributed by atoms with E-state index in [1.54, 1.807) is 6.20 Å². The minimum atomic E-state index is -0.828. The number of rotatable bonds is 4. The lowest BCUT2D eigenvalue weighted by Gasteiger charge is -2.56. The monoisotopic (exact) mass is 362 g/mol. The molecule has 2 fully saturated rings. The second kappa shape index (κ2) is 6.23. The molecule has 0 bridgehead atoms. The Morgan fingerprint density at radius 2 is 2.00 bits per heavy atom. The summed E-state index contributed by atoms with van der Waals surface area (Å²) < 4.78 is 2.13. The van der Waals surface area contributed by atoms with E-state index in [4.69, 9.17) is 0 Å². The van der Waals surface area contributed by atoms with Crippen molar-refractivity contribution < 1.29 is 4.79 Å². The summed E-state index contributed by atoms with van der Waals surface area (Å²) in [6.07, 6.45) is 5.13. The number of hydrogen-bond acceptors (Lipinski definition) is 3. The predicted molar refractivity (Wildman–Crippen MR) is 102 cm³/mol. The van der Waals surface area contributed by atoms with Crippen molar-refractivity contribution in [2.45, 2.75) is 46.2 Å². The van der Waals surface area contributed by atoms with Crippen molar-refractivity contribution >= 4 is 5.91 Å². The van der Waals surface area contributed by atoms with Gasteiger partial charge in [-0.15, -0.1) is 0 Å². The first-order valence-electron chi connectivity index (χ1n) is 9.64. The normalized spacial score (nSPS) is 28.7. The number of likely N-dealkylation sites (tertiary alicyclic amines) is 1. The molecule has 1 unspecified atom stereocenters. The molecule has 5 nitrogen and oxygen atoms in total. The number of nitriles is 1. The van der Waals surface area contributed by atoms with Gasteiger partial charge in [0, 0.05) is 30.9 Å². The molecule has 1 saturated carbocycles. The maximum Gasteiger partial charge on any atom is 0.243 e. The van der Waals surface area contributed by atoms with E-state index < -0.39 is 5.41 Å². The van der Waals surface area contributed by atoms with Gasteiger partial charge in [-0.05, 0) is 24.3 Å². The van der Waals surface area contributed by atoms with Crippen LogP contribution < -0.4 is 0 Å². The molecule has 2 aliphatic rings. The van der Waals surface area contributed by atoms with Crippen LogP contribution in [-0.2, 0) is 11.3 Å². The van der Waals surface area contributed by atoms with Crippen molar-refractivity contribution in [1.29, 1.82) is 5.26 Å². The SMILES string of the molecule is CC1CC(C#N)(C(=O)N2CC(C)(C)C2c2nccn2Cc2ccccc2)C1.